The largest absolute Gasteiger partial charge is 0.385 e. The van der Waals surface area contributed by atoms with Crippen LogP contribution in [0.15, 0.2) is 16.3 Å². The molecule has 1 rings (SSSR count). The highest BCUT2D eigenvalue weighted by Gasteiger charge is 2.24. The number of rotatable bonds is 10. The van der Waals surface area contributed by atoms with Crippen LogP contribution in [0.1, 0.15) is 24.6 Å². The smallest absolute Gasteiger partial charge is 0.243 e. The van der Waals surface area contributed by atoms with Crippen LogP contribution in [0.25, 0.3) is 0 Å². The van der Waals surface area contributed by atoms with Crippen molar-refractivity contribution in [1.82, 2.24) is 9.62 Å². The van der Waals surface area contributed by atoms with E-state index in [2.05, 4.69) is 12.2 Å². The van der Waals surface area contributed by atoms with Gasteiger partial charge in [-0.15, -0.1) is 11.3 Å². The Morgan fingerprint density at radius 2 is 2.20 bits per heavy atom. The molecule has 0 aliphatic rings. The van der Waals surface area contributed by atoms with E-state index in [1.54, 1.807) is 20.2 Å². The van der Waals surface area contributed by atoms with Gasteiger partial charge in [0.1, 0.15) is 0 Å². The molecule has 5 nitrogen and oxygen atoms in total. The Labute approximate surface area is 126 Å². The molecule has 0 unspecified atom stereocenters. The molecule has 7 heteroatoms. The van der Waals surface area contributed by atoms with Crippen LogP contribution >= 0.6 is 11.3 Å². The van der Waals surface area contributed by atoms with Crippen LogP contribution < -0.4 is 5.32 Å². The Bertz CT molecular complexity index is 486. The van der Waals surface area contributed by atoms with Gasteiger partial charge >= 0.3 is 0 Å². The summed E-state index contributed by atoms with van der Waals surface area (Å²) in [6.45, 7) is 4.61. The molecular weight excluding hydrogens is 296 g/mol. The third kappa shape index (κ3) is 4.82. The lowest BCUT2D eigenvalue weighted by Gasteiger charge is -2.17. The molecule has 0 bridgehead atoms. The maximum absolute atomic E-state index is 12.5. The minimum Gasteiger partial charge on any atom is -0.385 e. The van der Waals surface area contributed by atoms with Crippen molar-refractivity contribution in [3.05, 3.63) is 16.3 Å². The Hall–Kier alpha value is -0.470. The first-order valence-corrected chi connectivity index (χ1v) is 9.08. The predicted molar refractivity (Wildman–Crippen MR) is 82.6 cm³/mol. The van der Waals surface area contributed by atoms with E-state index in [4.69, 9.17) is 4.74 Å². The van der Waals surface area contributed by atoms with E-state index in [1.807, 2.05) is 5.38 Å². The van der Waals surface area contributed by atoms with E-state index in [9.17, 15) is 8.42 Å². The molecule has 1 aromatic heterocycles. The third-order valence-corrected chi connectivity index (χ3v) is 5.92. The average molecular weight is 320 g/mol. The van der Waals surface area contributed by atoms with Crippen molar-refractivity contribution in [2.75, 3.05) is 33.9 Å². The fourth-order valence-electron chi connectivity index (χ4n) is 1.79. The zero-order valence-electron chi connectivity index (χ0n) is 12.4. The third-order valence-electron chi connectivity index (χ3n) is 2.93. The number of hydrogen-bond acceptors (Lipinski definition) is 5. The second-order valence-corrected chi connectivity index (χ2v) is 7.57. The molecule has 0 amide bonds. The number of sulfonamides is 1. The van der Waals surface area contributed by atoms with E-state index >= 15 is 0 Å². The van der Waals surface area contributed by atoms with Crippen molar-refractivity contribution in [2.24, 2.45) is 0 Å². The molecule has 1 heterocycles. The van der Waals surface area contributed by atoms with Gasteiger partial charge in [0.2, 0.25) is 10.0 Å². The maximum Gasteiger partial charge on any atom is 0.243 e. The molecule has 0 saturated heterocycles. The molecular formula is C13H24N2O3S2. The predicted octanol–water partition coefficient (Wildman–Crippen LogP) is 1.90. The molecule has 0 radical (unpaired) electrons. The SMILES string of the molecule is CCCNCc1sccc1S(=O)(=O)N(C)CCCOC. The van der Waals surface area contributed by atoms with Gasteiger partial charge in [-0.25, -0.2) is 12.7 Å². The summed E-state index contributed by atoms with van der Waals surface area (Å²) in [6.07, 6.45) is 1.73. The zero-order chi connectivity index (χ0) is 15.0. The monoisotopic (exact) mass is 320 g/mol. The molecule has 0 spiro atoms. The first-order chi connectivity index (χ1) is 9.54. The molecule has 0 aliphatic carbocycles. The molecule has 0 aliphatic heterocycles. The highest BCUT2D eigenvalue weighted by atomic mass is 32.2. The molecule has 0 fully saturated rings. The summed E-state index contributed by atoms with van der Waals surface area (Å²) in [5, 5.41) is 5.08. The molecule has 0 aromatic carbocycles. The molecule has 0 atom stereocenters. The van der Waals surface area contributed by atoms with Crippen LogP contribution in [-0.2, 0) is 21.3 Å². The van der Waals surface area contributed by atoms with Gasteiger partial charge in [-0.3, -0.25) is 0 Å². The van der Waals surface area contributed by atoms with Crippen LogP contribution in [0.2, 0.25) is 0 Å². The highest BCUT2D eigenvalue weighted by molar-refractivity contribution is 7.89. The summed E-state index contributed by atoms with van der Waals surface area (Å²) in [5.74, 6) is 0. The van der Waals surface area contributed by atoms with Crippen LogP contribution in [0.5, 0.6) is 0 Å². The van der Waals surface area contributed by atoms with E-state index in [-0.39, 0.29) is 0 Å². The number of methoxy groups -OCH3 is 1. The lowest BCUT2D eigenvalue weighted by atomic mass is 10.4. The number of thiophene rings is 1. The van der Waals surface area contributed by atoms with Crippen molar-refractivity contribution >= 4 is 21.4 Å². The summed E-state index contributed by atoms with van der Waals surface area (Å²) in [5.41, 5.74) is 0. The second kappa shape index (κ2) is 8.74. The Morgan fingerprint density at radius 1 is 1.45 bits per heavy atom. The summed E-state index contributed by atoms with van der Waals surface area (Å²) in [6, 6.07) is 1.69. The number of nitrogens with one attached hydrogen (secondary N) is 1. The Balaban J connectivity index is 2.74. The van der Waals surface area contributed by atoms with Crippen LogP contribution in [0, 0.1) is 0 Å². The first kappa shape index (κ1) is 17.6. The van der Waals surface area contributed by atoms with Gasteiger partial charge in [0.15, 0.2) is 0 Å². The Morgan fingerprint density at radius 3 is 2.85 bits per heavy atom. The summed E-state index contributed by atoms with van der Waals surface area (Å²) >= 11 is 1.48. The lowest BCUT2D eigenvalue weighted by molar-refractivity contribution is 0.189. The normalized spacial score (nSPS) is 12.2. The van der Waals surface area contributed by atoms with E-state index in [0.717, 1.165) is 17.8 Å². The van der Waals surface area contributed by atoms with Crippen LogP contribution in [0.3, 0.4) is 0 Å². The number of nitrogens with zero attached hydrogens (tertiary/aromatic N) is 1. The molecule has 1 N–H and O–H groups in total. The second-order valence-electron chi connectivity index (χ2n) is 4.56. The van der Waals surface area contributed by atoms with Crippen molar-refractivity contribution < 1.29 is 13.2 Å². The minimum atomic E-state index is -3.40. The van der Waals surface area contributed by atoms with Crippen molar-refractivity contribution in [2.45, 2.75) is 31.2 Å². The van der Waals surface area contributed by atoms with Gasteiger partial charge in [0.05, 0.1) is 4.90 Å². The summed E-state index contributed by atoms with van der Waals surface area (Å²) < 4.78 is 31.4. The van der Waals surface area contributed by atoms with Gasteiger partial charge < -0.3 is 10.1 Å². The van der Waals surface area contributed by atoms with Crippen LogP contribution in [-0.4, -0.2) is 46.6 Å². The number of hydrogen-bond donors (Lipinski definition) is 1. The summed E-state index contributed by atoms with van der Waals surface area (Å²) in [7, 11) is -0.163. The first-order valence-electron chi connectivity index (χ1n) is 6.76. The highest BCUT2D eigenvalue weighted by Crippen LogP contribution is 2.24. The summed E-state index contributed by atoms with van der Waals surface area (Å²) in [4.78, 5) is 1.29. The van der Waals surface area contributed by atoms with Gasteiger partial charge in [0, 0.05) is 38.7 Å². The van der Waals surface area contributed by atoms with Crippen LogP contribution in [0.4, 0.5) is 0 Å². The molecule has 0 saturated carbocycles. The fraction of sp³-hybridized carbons (Fsp3) is 0.692. The van der Waals surface area contributed by atoms with Gasteiger partial charge in [0.25, 0.3) is 0 Å². The van der Waals surface area contributed by atoms with Crippen molar-refractivity contribution in [1.29, 1.82) is 0 Å². The molecule has 20 heavy (non-hydrogen) atoms. The quantitative estimate of drug-likeness (QED) is 0.669. The maximum atomic E-state index is 12.5. The minimum absolute atomic E-state index is 0.422. The van der Waals surface area contributed by atoms with E-state index in [0.29, 0.717) is 31.0 Å². The fourth-order valence-corrected chi connectivity index (χ4v) is 4.38. The lowest BCUT2D eigenvalue weighted by Crippen LogP contribution is -2.29. The molecule has 116 valence electrons. The van der Waals surface area contributed by atoms with Gasteiger partial charge in [-0.2, -0.15) is 0 Å². The van der Waals surface area contributed by atoms with Crippen molar-refractivity contribution in [3.63, 3.8) is 0 Å². The zero-order valence-corrected chi connectivity index (χ0v) is 14.0. The van der Waals surface area contributed by atoms with Gasteiger partial charge in [-0.1, -0.05) is 6.92 Å². The topological polar surface area (TPSA) is 58.6 Å². The van der Waals surface area contributed by atoms with Crippen molar-refractivity contribution in [3.8, 4) is 0 Å². The number of ether oxygens (including phenoxy) is 1. The standard InChI is InChI=1S/C13H24N2O3S2/c1-4-7-14-11-12-13(6-10-19-12)20(16,17)15(2)8-5-9-18-3/h6,10,14H,4-5,7-9,11H2,1-3H3. The average Bonchev–Trinajstić information content (AvgIpc) is 2.88. The van der Waals surface area contributed by atoms with E-state index < -0.39 is 10.0 Å². The van der Waals surface area contributed by atoms with Gasteiger partial charge in [-0.05, 0) is 30.8 Å². The van der Waals surface area contributed by atoms with E-state index in [1.165, 1.54) is 15.6 Å². The molecule has 1 aromatic rings. The Kier molecular flexibility index (Phi) is 7.68.